The van der Waals surface area contributed by atoms with E-state index in [1.54, 1.807) is 0 Å². The third-order valence-electron chi connectivity index (χ3n) is 2.43. The lowest BCUT2D eigenvalue weighted by molar-refractivity contribution is -0.385. The summed E-state index contributed by atoms with van der Waals surface area (Å²) in [7, 11) is 1.41. The minimum Gasteiger partial charge on any atom is -0.394 e. The molecule has 0 bridgehead atoms. The van der Waals surface area contributed by atoms with E-state index >= 15 is 0 Å². The number of rotatable bonds is 7. The van der Waals surface area contributed by atoms with Crippen molar-refractivity contribution in [3.05, 3.63) is 33.9 Å². The predicted octanol–water partition coefficient (Wildman–Crippen LogP) is 1.95. The number of alkyl halides is 2. The smallest absolute Gasteiger partial charge is 0.270 e. The van der Waals surface area contributed by atoms with Crippen LogP contribution >= 0.6 is 0 Å². The van der Waals surface area contributed by atoms with Crippen LogP contribution in [0.2, 0.25) is 0 Å². The Morgan fingerprint density at radius 2 is 2.21 bits per heavy atom. The molecular formula is C11H14F2N2O4. The molecule has 0 saturated carbocycles. The van der Waals surface area contributed by atoms with Gasteiger partial charge in [-0.15, -0.1) is 0 Å². The highest BCUT2D eigenvalue weighted by Gasteiger charge is 2.19. The van der Waals surface area contributed by atoms with Crippen molar-refractivity contribution in [2.24, 2.45) is 0 Å². The van der Waals surface area contributed by atoms with E-state index in [-0.39, 0.29) is 18.9 Å². The number of nitro benzene ring substituents is 1. The van der Waals surface area contributed by atoms with Crippen molar-refractivity contribution in [1.82, 2.24) is 0 Å². The first-order valence-electron chi connectivity index (χ1n) is 5.42. The number of non-ortho nitro benzene ring substituents is 1. The molecule has 6 nitrogen and oxygen atoms in total. The Labute approximate surface area is 108 Å². The van der Waals surface area contributed by atoms with E-state index in [0.29, 0.717) is 0 Å². The van der Waals surface area contributed by atoms with Crippen molar-refractivity contribution in [2.75, 3.05) is 25.6 Å². The van der Waals surface area contributed by atoms with Gasteiger partial charge in [-0.05, 0) is 6.07 Å². The fourth-order valence-electron chi connectivity index (χ4n) is 1.54. The quantitative estimate of drug-likeness (QED) is 0.587. The summed E-state index contributed by atoms with van der Waals surface area (Å²) < 4.78 is 30.5. The van der Waals surface area contributed by atoms with Crippen molar-refractivity contribution in [3.63, 3.8) is 0 Å². The number of aliphatic hydroxyl groups is 1. The molecule has 8 heteroatoms. The van der Waals surface area contributed by atoms with Gasteiger partial charge in [0, 0.05) is 30.5 Å². The van der Waals surface area contributed by atoms with Crippen LogP contribution in [0.4, 0.5) is 20.2 Å². The van der Waals surface area contributed by atoms with Crippen molar-refractivity contribution in [2.45, 2.75) is 12.5 Å². The van der Waals surface area contributed by atoms with Gasteiger partial charge in [0.2, 0.25) is 0 Å². The van der Waals surface area contributed by atoms with Gasteiger partial charge in [0.1, 0.15) is 0 Å². The van der Waals surface area contributed by atoms with E-state index in [9.17, 15) is 18.9 Å². The van der Waals surface area contributed by atoms with Gasteiger partial charge < -0.3 is 15.2 Å². The van der Waals surface area contributed by atoms with Crippen LogP contribution in [0.15, 0.2) is 18.2 Å². The minimum atomic E-state index is -2.86. The molecule has 1 aromatic rings. The van der Waals surface area contributed by atoms with Crippen molar-refractivity contribution < 1.29 is 23.5 Å². The number of nitrogens with zero attached hydrogens (tertiary/aromatic N) is 1. The number of benzene rings is 1. The number of anilines is 1. The second-order valence-electron chi connectivity index (χ2n) is 3.81. The van der Waals surface area contributed by atoms with Gasteiger partial charge >= 0.3 is 0 Å². The molecule has 19 heavy (non-hydrogen) atoms. The van der Waals surface area contributed by atoms with E-state index in [1.807, 2.05) is 0 Å². The standard InChI is InChI=1S/C11H14F2N2O4/c1-19-6-7(5-16)14-10-3-2-8(15(17)18)4-9(10)11(12)13/h2-4,7,11,14,16H,5-6H2,1H3. The molecule has 0 aromatic heterocycles. The zero-order valence-corrected chi connectivity index (χ0v) is 10.2. The Morgan fingerprint density at radius 3 is 2.68 bits per heavy atom. The van der Waals surface area contributed by atoms with Crippen LogP contribution in [0.5, 0.6) is 0 Å². The summed E-state index contributed by atoms with van der Waals surface area (Å²) in [5.41, 5.74) is -0.853. The van der Waals surface area contributed by atoms with Gasteiger partial charge in [-0.1, -0.05) is 0 Å². The van der Waals surface area contributed by atoms with Crippen LogP contribution in [0, 0.1) is 10.1 Å². The lowest BCUT2D eigenvalue weighted by atomic mass is 10.1. The summed E-state index contributed by atoms with van der Waals surface area (Å²) in [6.45, 7) is -0.191. The summed E-state index contributed by atoms with van der Waals surface area (Å²) in [4.78, 5) is 9.81. The number of hydrogen-bond acceptors (Lipinski definition) is 5. The molecule has 1 aromatic carbocycles. The normalized spacial score (nSPS) is 12.5. The average Bonchev–Trinajstić information content (AvgIpc) is 2.37. The lowest BCUT2D eigenvalue weighted by Crippen LogP contribution is -2.29. The first kappa shape index (κ1) is 15.3. The highest BCUT2D eigenvalue weighted by atomic mass is 19.3. The fourth-order valence-corrected chi connectivity index (χ4v) is 1.54. The Morgan fingerprint density at radius 1 is 1.53 bits per heavy atom. The first-order valence-corrected chi connectivity index (χ1v) is 5.42. The van der Waals surface area contributed by atoms with Crippen LogP contribution < -0.4 is 5.32 Å². The monoisotopic (exact) mass is 276 g/mol. The van der Waals surface area contributed by atoms with Gasteiger partial charge in [0.25, 0.3) is 12.1 Å². The largest absolute Gasteiger partial charge is 0.394 e. The van der Waals surface area contributed by atoms with Crippen molar-refractivity contribution in [3.8, 4) is 0 Å². The number of halogens is 2. The molecule has 0 saturated heterocycles. The predicted molar refractivity (Wildman–Crippen MR) is 64.4 cm³/mol. The fraction of sp³-hybridized carbons (Fsp3) is 0.455. The van der Waals surface area contributed by atoms with Crippen LogP contribution in [0.3, 0.4) is 0 Å². The number of nitrogens with one attached hydrogen (secondary N) is 1. The Balaban J connectivity index is 3.02. The molecule has 2 N–H and O–H groups in total. The number of hydrogen-bond donors (Lipinski definition) is 2. The van der Waals surface area contributed by atoms with Crippen LogP contribution in [0.25, 0.3) is 0 Å². The first-order chi connectivity index (χ1) is 8.99. The van der Waals surface area contributed by atoms with Gasteiger partial charge in [0.15, 0.2) is 0 Å². The number of nitro groups is 1. The summed E-state index contributed by atoms with van der Waals surface area (Å²) in [6, 6.07) is 2.56. The highest BCUT2D eigenvalue weighted by Crippen LogP contribution is 2.31. The summed E-state index contributed by atoms with van der Waals surface area (Å²) in [5, 5.41) is 22.3. The maximum absolute atomic E-state index is 12.9. The van der Waals surface area contributed by atoms with Crippen LogP contribution in [-0.4, -0.2) is 36.4 Å². The number of aliphatic hydroxyl groups excluding tert-OH is 1. The van der Waals surface area contributed by atoms with E-state index < -0.39 is 28.6 Å². The highest BCUT2D eigenvalue weighted by molar-refractivity contribution is 5.57. The van der Waals surface area contributed by atoms with E-state index in [4.69, 9.17) is 9.84 Å². The molecule has 0 fully saturated rings. The molecule has 1 atom stereocenters. The van der Waals surface area contributed by atoms with Crippen molar-refractivity contribution >= 4 is 11.4 Å². The molecule has 0 radical (unpaired) electrons. The number of ether oxygens (including phenoxy) is 1. The van der Waals surface area contributed by atoms with E-state index in [2.05, 4.69) is 5.32 Å². The molecule has 0 spiro atoms. The maximum atomic E-state index is 12.9. The molecule has 0 aliphatic rings. The van der Waals surface area contributed by atoms with E-state index in [0.717, 1.165) is 12.1 Å². The SMILES string of the molecule is COCC(CO)Nc1ccc([N+](=O)[O-])cc1C(F)F. The van der Waals surface area contributed by atoms with E-state index in [1.165, 1.54) is 13.2 Å². The second kappa shape index (κ2) is 6.95. The average molecular weight is 276 g/mol. The molecular weight excluding hydrogens is 262 g/mol. The molecule has 0 amide bonds. The topological polar surface area (TPSA) is 84.6 Å². The van der Waals surface area contributed by atoms with Gasteiger partial charge in [-0.2, -0.15) is 0 Å². The number of methoxy groups -OCH3 is 1. The molecule has 106 valence electrons. The molecule has 1 rings (SSSR count). The Bertz CT molecular complexity index is 443. The van der Waals surface area contributed by atoms with Gasteiger partial charge in [-0.25, -0.2) is 8.78 Å². The summed E-state index contributed by atoms with van der Waals surface area (Å²) in [6.07, 6.45) is -2.86. The van der Waals surface area contributed by atoms with Gasteiger partial charge in [-0.3, -0.25) is 10.1 Å². The van der Waals surface area contributed by atoms with Crippen LogP contribution in [0.1, 0.15) is 12.0 Å². The molecule has 0 aliphatic heterocycles. The Kier molecular flexibility index (Phi) is 5.58. The minimum absolute atomic E-state index is 0.0386. The molecule has 0 heterocycles. The zero-order chi connectivity index (χ0) is 14.4. The third kappa shape index (κ3) is 4.11. The third-order valence-corrected chi connectivity index (χ3v) is 2.43. The maximum Gasteiger partial charge on any atom is 0.270 e. The summed E-state index contributed by atoms with van der Waals surface area (Å²) in [5.74, 6) is 0. The summed E-state index contributed by atoms with van der Waals surface area (Å²) >= 11 is 0. The van der Waals surface area contributed by atoms with Crippen LogP contribution in [-0.2, 0) is 4.74 Å². The molecule has 0 aliphatic carbocycles. The van der Waals surface area contributed by atoms with Gasteiger partial charge in [0.05, 0.1) is 24.2 Å². The van der Waals surface area contributed by atoms with Crippen molar-refractivity contribution in [1.29, 1.82) is 0 Å². The Hall–Kier alpha value is -1.80. The zero-order valence-electron chi connectivity index (χ0n) is 10.2. The lowest BCUT2D eigenvalue weighted by Gasteiger charge is -2.18. The molecule has 1 unspecified atom stereocenters. The second-order valence-corrected chi connectivity index (χ2v) is 3.81.